The van der Waals surface area contributed by atoms with E-state index in [1.165, 1.54) is 11.3 Å². The molecular formula is C12H16N2O3S. The zero-order chi connectivity index (χ0) is 13.1. The first kappa shape index (κ1) is 13.0. The number of rotatable bonds is 5. The standard InChI is InChI=1S/C12H16N2O3S/c1-2-9(11-13-5-6-18-11)14-10(15)7-3-4-8(7)12(16)17/h5-9H,2-4H2,1H3,(H,14,15)(H,16,17). The summed E-state index contributed by atoms with van der Waals surface area (Å²) in [5.41, 5.74) is 0. The molecule has 5 nitrogen and oxygen atoms in total. The van der Waals surface area contributed by atoms with Crippen molar-refractivity contribution in [3.05, 3.63) is 16.6 Å². The zero-order valence-electron chi connectivity index (χ0n) is 10.1. The SMILES string of the molecule is CCC(NC(=O)C1CCC1C(=O)O)c1nccs1. The van der Waals surface area contributed by atoms with Crippen molar-refractivity contribution in [2.45, 2.75) is 32.2 Å². The van der Waals surface area contributed by atoms with Crippen LogP contribution in [-0.4, -0.2) is 22.0 Å². The molecule has 1 aliphatic rings. The van der Waals surface area contributed by atoms with Crippen LogP contribution in [0.2, 0.25) is 0 Å². The largest absolute Gasteiger partial charge is 0.481 e. The van der Waals surface area contributed by atoms with Crippen LogP contribution in [0.25, 0.3) is 0 Å². The van der Waals surface area contributed by atoms with Crippen molar-refractivity contribution in [3.8, 4) is 0 Å². The molecule has 18 heavy (non-hydrogen) atoms. The lowest BCUT2D eigenvalue weighted by molar-refractivity contribution is -0.153. The highest BCUT2D eigenvalue weighted by atomic mass is 32.1. The molecule has 2 N–H and O–H groups in total. The van der Waals surface area contributed by atoms with E-state index in [1.54, 1.807) is 6.20 Å². The number of nitrogens with one attached hydrogen (secondary N) is 1. The van der Waals surface area contributed by atoms with Gasteiger partial charge in [0.05, 0.1) is 17.9 Å². The number of hydrogen-bond acceptors (Lipinski definition) is 4. The number of carboxylic acid groups (broad SMARTS) is 1. The smallest absolute Gasteiger partial charge is 0.307 e. The van der Waals surface area contributed by atoms with E-state index >= 15 is 0 Å². The Morgan fingerprint density at radius 1 is 1.56 bits per heavy atom. The summed E-state index contributed by atoms with van der Waals surface area (Å²) in [7, 11) is 0. The molecule has 1 fully saturated rings. The van der Waals surface area contributed by atoms with Crippen molar-refractivity contribution in [1.82, 2.24) is 10.3 Å². The molecule has 3 unspecified atom stereocenters. The summed E-state index contributed by atoms with van der Waals surface area (Å²) < 4.78 is 0. The molecule has 1 aromatic rings. The number of carbonyl (C=O) groups excluding carboxylic acids is 1. The van der Waals surface area contributed by atoms with Gasteiger partial charge in [-0.1, -0.05) is 6.92 Å². The fraction of sp³-hybridized carbons (Fsp3) is 0.583. The van der Waals surface area contributed by atoms with Crippen LogP contribution < -0.4 is 5.32 Å². The number of nitrogens with zero attached hydrogens (tertiary/aromatic N) is 1. The van der Waals surface area contributed by atoms with Gasteiger partial charge in [-0.2, -0.15) is 0 Å². The third kappa shape index (κ3) is 2.53. The minimum absolute atomic E-state index is 0.104. The van der Waals surface area contributed by atoms with E-state index in [9.17, 15) is 9.59 Å². The Labute approximate surface area is 109 Å². The van der Waals surface area contributed by atoms with Gasteiger partial charge >= 0.3 is 5.97 Å². The van der Waals surface area contributed by atoms with E-state index in [4.69, 9.17) is 5.11 Å². The number of hydrogen-bond donors (Lipinski definition) is 2. The van der Waals surface area contributed by atoms with Crippen LogP contribution in [0.3, 0.4) is 0 Å². The van der Waals surface area contributed by atoms with Gasteiger partial charge in [0.15, 0.2) is 0 Å². The van der Waals surface area contributed by atoms with Crippen molar-refractivity contribution < 1.29 is 14.7 Å². The highest BCUT2D eigenvalue weighted by Crippen LogP contribution is 2.35. The van der Waals surface area contributed by atoms with E-state index in [1.807, 2.05) is 12.3 Å². The van der Waals surface area contributed by atoms with Crippen LogP contribution in [0.4, 0.5) is 0 Å². The molecule has 1 amide bonds. The maximum absolute atomic E-state index is 12.0. The van der Waals surface area contributed by atoms with Crippen LogP contribution in [0.15, 0.2) is 11.6 Å². The van der Waals surface area contributed by atoms with E-state index in [0.717, 1.165) is 11.4 Å². The highest BCUT2D eigenvalue weighted by Gasteiger charge is 2.41. The van der Waals surface area contributed by atoms with Crippen LogP contribution >= 0.6 is 11.3 Å². The van der Waals surface area contributed by atoms with Crippen LogP contribution in [0.5, 0.6) is 0 Å². The summed E-state index contributed by atoms with van der Waals surface area (Å²) in [6.07, 6.45) is 3.72. The van der Waals surface area contributed by atoms with E-state index < -0.39 is 11.9 Å². The molecule has 0 aliphatic heterocycles. The van der Waals surface area contributed by atoms with E-state index in [0.29, 0.717) is 12.8 Å². The molecule has 2 rings (SSSR count). The quantitative estimate of drug-likeness (QED) is 0.853. The number of aromatic nitrogens is 1. The second-order valence-electron chi connectivity index (χ2n) is 4.47. The first-order chi connectivity index (χ1) is 8.63. The predicted octanol–water partition coefficient (Wildman–Crippen LogP) is 1.82. The van der Waals surface area contributed by atoms with Gasteiger partial charge < -0.3 is 10.4 Å². The van der Waals surface area contributed by atoms with E-state index in [-0.39, 0.29) is 17.9 Å². The second-order valence-corrected chi connectivity index (χ2v) is 5.39. The monoisotopic (exact) mass is 268 g/mol. The summed E-state index contributed by atoms with van der Waals surface area (Å²) in [5.74, 6) is -1.92. The summed E-state index contributed by atoms with van der Waals surface area (Å²) in [6.45, 7) is 1.97. The third-order valence-corrected chi connectivity index (χ3v) is 4.29. The molecule has 1 aliphatic carbocycles. The van der Waals surface area contributed by atoms with Crippen molar-refractivity contribution in [2.75, 3.05) is 0 Å². The molecule has 1 aromatic heterocycles. The van der Waals surface area contributed by atoms with Crippen LogP contribution in [0, 0.1) is 11.8 Å². The summed E-state index contributed by atoms with van der Waals surface area (Å²) in [6, 6.07) is -0.104. The minimum atomic E-state index is -0.872. The zero-order valence-corrected chi connectivity index (χ0v) is 10.9. The molecule has 1 heterocycles. The van der Waals surface area contributed by atoms with Crippen LogP contribution in [0.1, 0.15) is 37.2 Å². The molecule has 3 atom stereocenters. The van der Waals surface area contributed by atoms with Gasteiger partial charge in [0.2, 0.25) is 5.91 Å². The van der Waals surface area contributed by atoms with Gasteiger partial charge in [-0.05, 0) is 19.3 Å². The van der Waals surface area contributed by atoms with Gasteiger partial charge in [-0.15, -0.1) is 11.3 Å². The topological polar surface area (TPSA) is 79.3 Å². The number of aliphatic carboxylic acids is 1. The van der Waals surface area contributed by atoms with Gasteiger partial charge in [0.1, 0.15) is 5.01 Å². The van der Waals surface area contributed by atoms with Gasteiger partial charge in [-0.3, -0.25) is 9.59 Å². The summed E-state index contributed by atoms with van der Waals surface area (Å²) in [5, 5.41) is 14.6. The van der Waals surface area contributed by atoms with Crippen molar-refractivity contribution in [3.63, 3.8) is 0 Å². The van der Waals surface area contributed by atoms with Gasteiger partial charge in [0, 0.05) is 11.6 Å². The molecule has 98 valence electrons. The minimum Gasteiger partial charge on any atom is -0.481 e. The van der Waals surface area contributed by atoms with Crippen molar-refractivity contribution in [1.29, 1.82) is 0 Å². The number of amides is 1. The summed E-state index contributed by atoms with van der Waals surface area (Å²) >= 11 is 1.50. The average molecular weight is 268 g/mol. The normalized spacial score (nSPS) is 24.1. The fourth-order valence-corrected chi connectivity index (χ4v) is 2.91. The third-order valence-electron chi connectivity index (χ3n) is 3.40. The Morgan fingerprint density at radius 3 is 2.72 bits per heavy atom. The molecular weight excluding hydrogens is 252 g/mol. The summed E-state index contributed by atoms with van der Waals surface area (Å²) in [4.78, 5) is 27.1. The Kier molecular flexibility index (Phi) is 3.96. The lowest BCUT2D eigenvalue weighted by Gasteiger charge is -2.33. The fourth-order valence-electron chi connectivity index (χ4n) is 2.13. The maximum Gasteiger partial charge on any atom is 0.307 e. The molecule has 1 saturated carbocycles. The maximum atomic E-state index is 12.0. The molecule has 6 heteroatoms. The first-order valence-corrected chi connectivity index (χ1v) is 6.94. The Bertz CT molecular complexity index is 433. The average Bonchev–Trinajstić information content (AvgIpc) is 2.76. The lowest BCUT2D eigenvalue weighted by atomic mass is 9.73. The van der Waals surface area contributed by atoms with Gasteiger partial charge in [0.25, 0.3) is 0 Å². The Hall–Kier alpha value is -1.43. The Balaban J connectivity index is 1.96. The van der Waals surface area contributed by atoms with Crippen molar-refractivity contribution in [2.24, 2.45) is 11.8 Å². The second kappa shape index (κ2) is 5.48. The van der Waals surface area contributed by atoms with Crippen LogP contribution in [-0.2, 0) is 9.59 Å². The highest BCUT2D eigenvalue weighted by molar-refractivity contribution is 7.09. The number of carbonyl (C=O) groups is 2. The molecule has 0 spiro atoms. The molecule has 0 radical (unpaired) electrons. The van der Waals surface area contributed by atoms with Crippen molar-refractivity contribution >= 4 is 23.2 Å². The first-order valence-electron chi connectivity index (χ1n) is 6.06. The van der Waals surface area contributed by atoms with E-state index in [2.05, 4.69) is 10.3 Å². The number of thiazole rings is 1. The van der Waals surface area contributed by atoms with Gasteiger partial charge in [-0.25, -0.2) is 4.98 Å². The molecule has 0 aromatic carbocycles. The lowest BCUT2D eigenvalue weighted by Crippen LogP contribution is -2.45. The number of carboxylic acids is 1. The molecule has 0 saturated heterocycles. The molecule has 0 bridgehead atoms. The predicted molar refractivity (Wildman–Crippen MR) is 67.1 cm³/mol. The Morgan fingerprint density at radius 2 is 2.28 bits per heavy atom.